The van der Waals surface area contributed by atoms with Crippen LogP contribution >= 0.6 is 0 Å². The summed E-state index contributed by atoms with van der Waals surface area (Å²) < 4.78 is 55.3. The standard InChI is InChI=1S/C44H50O12/c1-31(49-27-41-29-53-41)25-51-37-11-3-33(4-12-37)35-7-15-39(16-8-35)55-43(45)19-21-47-23-24-48-22-20-44(46)56-40-17-9-36(10-18-40)34-5-13-38(14-6-34)52-26-32(2)50-28-42-30-54-42/h3-18,31-32,41-42H,19-30H2,1-2H3. The first kappa shape index (κ1) is 40.8. The van der Waals surface area contributed by atoms with Crippen LogP contribution < -0.4 is 18.9 Å². The Labute approximate surface area is 327 Å². The fraction of sp³-hybridized carbons (Fsp3) is 0.409. The molecule has 2 heterocycles. The Morgan fingerprint density at radius 3 is 1.16 bits per heavy atom. The van der Waals surface area contributed by atoms with Crippen LogP contribution in [0.1, 0.15) is 26.7 Å². The van der Waals surface area contributed by atoms with Crippen molar-refractivity contribution in [2.75, 3.05) is 66.1 Å². The van der Waals surface area contributed by atoms with Crippen LogP contribution in [0.15, 0.2) is 97.1 Å². The van der Waals surface area contributed by atoms with E-state index in [-0.39, 0.29) is 63.7 Å². The van der Waals surface area contributed by atoms with Gasteiger partial charge in [-0.3, -0.25) is 9.59 Å². The van der Waals surface area contributed by atoms with Crippen LogP contribution in [0, 0.1) is 0 Å². The molecule has 6 rings (SSSR count). The van der Waals surface area contributed by atoms with E-state index < -0.39 is 11.9 Å². The van der Waals surface area contributed by atoms with Crippen LogP contribution in [0.4, 0.5) is 0 Å². The van der Waals surface area contributed by atoms with Crippen molar-refractivity contribution < 1.29 is 57.0 Å². The van der Waals surface area contributed by atoms with E-state index in [2.05, 4.69) is 0 Å². The summed E-state index contributed by atoms with van der Waals surface area (Å²) in [5.41, 5.74) is 4.00. The Morgan fingerprint density at radius 2 is 0.839 bits per heavy atom. The molecule has 12 nitrogen and oxygen atoms in total. The minimum absolute atomic E-state index is 0.0197. The summed E-state index contributed by atoms with van der Waals surface area (Å²) in [6, 6.07) is 30.3. The summed E-state index contributed by atoms with van der Waals surface area (Å²) in [4.78, 5) is 24.6. The van der Waals surface area contributed by atoms with Gasteiger partial charge in [-0.15, -0.1) is 0 Å². The zero-order valence-corrected chi connectivity index (χ0v) is 31.9. The fourth-order valence-electron chi connectivity index (χ4n) is 5.31. The Bertz CT molecular complexity index is 1640. The van der Waals surface area contributed by atoms with Crippen LogP contribution in [0.2, 0.25) is 0 Å². The number of hydrogen-bond donors (Lipinski definition) is 0. The first-order valence-electron chi connectivity index (χ1n) is 19.1. The molecule has 2 saturated heterocycles. The maximum atomic E-state index is 12.3. The van der Waals surface area contributed by atoms with Gasteiger partial charge in [-0.05, 0) is 84.6 Å². The third-order valence-corrected chi connectivity index (χ3v) is 8.73. The third-order valence-electron chi connectivity index (χ3n) is 8.73. The summed E-state index contributed by atoms with van der Waals surface area (Å²) in [5, 5.41) is 0. The van der Waals surface area contributed by atoms with E-state index >= 15 is 0 Å². The van der Waals surface area contributed by atoms with Crippen LogP contribution in [0.25, 0.3) is 22.3 Å². The average molecular weight is 771 g/mol. The normalized spacial score (nSPS) is 16.8. The van der Waals surface area contributed by atoms with Gasteiger partial charge in [-0.25, -0.2) is 0 Å². The minimum atomic E-state index is -0.395. The topological polar surface area (TPSA) is 133 Å². The molecule has 2 aliphatic rings. The quantitative estimate of drug-likeness (QED) is 0.0307. The summed E-state index contributed by atoms with van der Waals surface area (Å²) in [6.45, 7) is 8.57. The lowest BCUT2D eigenvalue weighted by Gasteiger charge is -2.14. The van der Waals surface area contributed by atoms with Gasteiger partial charge in [0.2, 0.25) is 0 Å². The number of rotatable bonds is 25. The number of esters is 2. The maximum absolute atomic E-state index is 12.3. The van der Waals surface area contributed by atoms with Gasteiger partial charge in [0.15, 0.2) is 0 Å². The number of epoxide rings is 2. The maximum Gasteiger partial charge on any atom is 0.313 e. The molecule has 0 aliphatic carbocycles. The van der Waals surface area contributed by atoms with Crippen LogP contribution in [-0.4, -0.2) is 102 Å². The second kappa shape index (κ2) is 21.5. The van der Waals surface area contributed by atoms with E-state index in [0.717, 1.165) is 47.0 Å². The number of benzene rings is 4. The van der Waals surface area contributed by atoms with Crippen molar-refractivity contribution in [2.45, 2.75) is 51.1 Å². The molecule has 4 aromatic rings. The molecular formula is C44H50O12. The van der Waals surface area contributed by atoms with Crippen molar-refractivity contribution in [1.29, 1.82) is 0 Å². The minimum Gasteiger partial charge on any atom is -0.491 e. The van der Waals surface area contributed by atoms with Gasteiger partial charge in [0.25, 0.3) is 0 Å². The van der Waals surface area contributed by atoms with E-state index in [4.69, 9.17) is 47.4 Å². The lowest BCUT2D eigenvalue weighted by molar-refractivity contribution is -0.137. The molecular weight excluding hydrogens is 720 g/mol. The van der Waals surface area contributed by atoms with Crippen molar-refractivity contribution >= 4 is 11.9 Å². The molecule has 2 fully saturated rings. The van der Waals surface area contributed by atoms with Crippen LogP contribution in [-0.2, 0) is 38.0 Å². The molecule has 298 valence electrons. The second-order valence-corrected chi connectivity index (χ2v) is 13.6. The van der Waals surface area contributed by atoms with E-state index in [0.29, 0.717) is 37.9 Å². The highest BCUT2D eigenvalue weighted by atomic mass is 16.6. The number of hydrogen-bond acceptors (Lipinski definition) is 12. The lowest BCUT2D eigenvalue weighted by atomic mass is 10.1. The molecule has 4 atom stereocenters. The van der Waals surface area contributed by atoms with Gasteiger partial charge < -0.3 is 47.4 Å². The SMILES string of the molecule is CC(COc1ccc(-c2ccc(OC(=O)CCOCCOCCC(=O)Oc3ccc(-c4ccc(OCC(C)OCC5CO5)cc4)cc3)cc2)cc1)OCC1CO1. The Hall–Kier alpha value is -4.82. The number of ether oxygens (including phenoxy) is 10. The molecule has 0 bridgehead atoms. The van der Waals surface area contributed by atoms with Crippen molar-refractivity contribution in [3.63, 3.8) is 0 Å². The van der Waals surface area contributed by atoms with Gasteiger partial charge in [-0.1, -0.05) is 48.5 Å². The summed E-state index contributed by atoms with van der Waals surface area (Å²) in [6.07, 6.45) is 0.625. The predicted octanol–water partition coefficient (Wildman–Crippen LogP) is 6.71. The molecule has 4 unspecified atom stereocenters. The Balaban J connectivity index is 0.777. The molecule has 0 radical (unpaired) electrons. The molecule has 0 N–H and O–H groups in total. The van der Waals surface area contributed by atoms with Gasteiger partial charge in [0, 0.05) is 0 Å². The fourth-order valence-corrected chi connectivity index (χ4v) is 5.31. The van der Waals surface area contributed by atoms with Crippen molar-refractivity contribution in [1.82, 2.24) is 0 Å². The highest BCUT2D eigenvalue weighted by Crippen LogP contribution is 2.27. The van der Waals surface area contributed by atoms with E-state index in [9.17, 15) is 9.59 Å². The zero-order chi connectivity index (χ0) is 39.0. The molecule has 0 spiro atoms. The molecule has 0 amide bonds. The van der Waals surface area contributed by atoms with Crippen molar-refractivity contribution in [3.8, 4) is 45.3 Å². The van der Waals surface area contributed by atoms with Gasteiger partial charge in [0.1, 0.15) is 48.4 Å². The first-order chi connectivity index (χ1) is 27.4. The molecule has 0 aromatic heterocycles. The Morgan fingerprint density at radius 1 is 0.518 bits per heavy atom. The zero-order valence-electron chi connectivity index (χ0n) is 31.9. The summed E-state index contributed by atoms with van der Waals surface area (Å²) >= 11 is 0. The van der Waals surface area contributed by atoms with Gasteiger partial charge in [-0.2, -0.15) is 0 Å². The summed E-state index contributed by atoms with van der Waals surface area (Å²) in [7, 11) is 0. The van der Waals surface area contributed by atoms with Crippen LogP contribution in [0.3, 0.4) is 0 Å². The second-order valence-electron chi connectivity index (χ2n) is 13.6. The van der Waals surface area contributed by atoms with E-state index in [1.807, 2.05) is 86.6 Å². The number of carbonyl (C=O) groups is 2. The summed E-state index contributed by atoms with van der Waals surface area (Å²) in [5.74, 6) is 1.66. The molecule has 2 aliphatic heterocycles. The highest BCUT2D eigenvalue weighted by molar-refractivity contribution is 5.74. The first-order valence-corrected chi connectivity index (χ1v) is 19.1. The largest absolute Gasteiger partial charge is 0.491 e. The predicted molar refractivity (Wildman–Crippen MR) is 207 cm³/mol. The van der Waals surface area contributed by atoms with Gasteiger partial charge >= 0.3 is 11.9 Å². The van der Waals surface area contributed by atoms with E-state index in [1.165, 1.54) is 0 Å². The average Bonchev–Trinajstić information content (AvgIpc) is 4.16. The van der Waals surface area contributed by atoms with Crippen molar-refractivity contribution in [3.05, 3.63) is 97.1 Å². The van der Waals surface area contributed by atoms with Crippen molar-refractivity contribution in [2.24, 2.45) is 0 Å². The van der Waals surface area contributed by atoms with E-state index in [1.54, 1.807) is 24.3 Å². The number of carbonyl (C=O) groups excluding carboxylic acids is 2. The van der Waals surface area contributed by atoms with Gasteiger partial charge in [0.05, 0.1) is 77.9 Å². The molecule has 12 heteroatoms. The lowest BCUT2D eigenvalue weighted by Crippen LogP contribution is -2.20. The monoisotopic (exact) mass is 770 g/mol. The third kappa shape index (κ3) is 14.7. The molecule has 4 aromatic carbocycles. The van der Waals surface area contributed by atoms with Crippen LogP contribution in [0.5, 0.6) is 23.0 Å². The molecule has 0 saturated carbocycles. The highest BCUT2D eigenvalue weighted by Gasteiger charge is 2.24. The smallest absolute Gasteiger partial charge is 0.313 e. The molecule has 56 heavy (non-hydrogen) atoms. The Kier molecular flexibility index (Phi) is 15.7.